The molecule has 3 aromatic rings. The van der Waals surface area contributed by atoms with Crippen LogP contribution in [0.4, 0.5) is 16.2 Å². The second-order valence-electron chi connectivity index (χ2n) is 7.49. The van der Waals surface area contributed by atoms with E-state index < -0.39 is 0 Å². The summed E-state index contributed by atoms with van der Waals surface area (Å²) >= 11 is 0. The van der Waals surface area contributed by atoms with Crippen molar-refractivity contribution in [1.82, 2.24) is 14.9 Å². The van der Waals surface area contributed by atoms with Crippen LogP contribution in [0.25, 0.3) is 0 Å². The SMILES string of the molecule is Cc1cc(OC2CCN(C(=O)N(c3ccccc3)c3ccccc3)CC2)nc(C)n1. The first-order chi connectivity index (χ1) is 14.6. The first-order valence-corrected chi connectivity index (χ1v) is 10.3. The van der Waals surface area contributed by atoms with Crippen molar-refractivity contribution in [3.8, 4) is 5.88 Å². The van der Waals surface area contributed by atoms with Gasteiger partial charge in [0.05, 0.1) is 11.4 Å². The third kappa shape index (κ3) is 4.59. The second-order valence-corrected chi connectivity index (χ2v) is 7.49. The molecule has 0 unspecified atom stereocenters. The molecule has 0 radical (unpaired) electrons. The van der Waals surface area contributed by atoms with Crippen LogP contribution in [0.2, 0.25) is 0 Å². The Morgan fingerprint density at radius 1 is 0.933 bits per heavy atom. The first kappa shape index (κ1) is 19.9. The number of amides is 2. The van der Waals surface area contributed by atoms with Crippen molar-refractivity contribution in [1.29, 1.82) is 0 Å². The number of likely N-dealkylation sites (tertiary alicyclic amines) is 1. The molecule has 0 N–H and O–H groups in total. The number of nitrogens with zero attached hydrogens (tertiary/aromatic N) is 4. The number of para-hydroxylation sites is 2. The van der Waals surface area contributed by atoms with Crippen LogP contribution in [0.3, 0.4) is 0 Å². The summed E-state index contributed by atoms with van der Waals surface area (Å²) in [7, 11) is 0. The molecule has 0 atom stereocenters. The van der Waals surface area contributed by atoms with Crippen molar-refractivity contribution in [2.45, 2.75) is 32.8 Å². The second kappa shape index (κ2) is 8.95. The quantitative estimate of drug-likeness (QED) is 0.623. The summed E-state index contributed by atoms with van der Waals surface area (Å²) in [5, 5.41) is 0. The molecular weight excluding hydrogens is 376 g/mol. The normalized spacial score (nSPS) is 14.4. The minimum absolute atomic E-state index is 0.0143. The van der Waals surface area contributed by atoms with Gasteiger partial charge < -0.3 is 9.64 Å². The molecule has 2 aromatic carbocycles. The van der Waals surface area contributed by atoms with Gasteiger partial charge in [-0.15, -0.1) is 0 Å². The van der Waals surface area contributed by atoms with Crippen molar-refractivity contribution < 1.29 is 9.53 Å². The summed E-state index contributed by atoms with van der Waals surface area (Å²) in [6, 6.07) is 21.4. The molecule has 2 amide bonds. The number of benzene rings is 2. The Balaban J connectivity index is 1.45. The fourth-order valence-electron chi connectivity index (χ4n) is 3.74. The molecule has 30 heavy (non-hydrogen) atoms. The Bertz CT molecular complexity index is 927. The highest BCUT2D eigenvalue weighted by Gasteiger charge is 2.29. The number of urea groups is 1. The van der Waals surface area contributed by atoms with Crippen LogP contribution in [0, 0.1) is 13.8 Å². The summed E-state index contributed by atoms with van der Waals surface area (Å²) in [5.74, 6) is 1.32. The molecule has 6 heteroatoms. The number of aryl methyl sites for hydroxylation is 2. The third-order valence-electron chi connectivity index (χ3n) is 5.16. The van der Waals surface area contributed by atoms with Crippen LogP contribution >= 0.6 is 0 Å². The van der Waals surface area contributed by atoms with E-state index in [9.17, 15) is 4.79 Å². The van der Waals surface area contributed by atoms with Crippen molar-refractivity contribution in [3.05, 3.63) is 78.2 Å². The van der Waals surface area contributed by atoms with E-state index in [1.807, 2.05) is 85.5 Å². The van der Waals surface area contributed by atoms with E-state index in [1.54, 1.807) is 4.90 Å². The zero-order valence-electron chi connectivity index (χ0n) is 17.4. The highest BCUT2D eigenvalue weighted by molar-refractivity contribution is 5.99. The van der Waals surface area contributed by atoms with E-state index in [2.05, 4.69) is 9.97 Å². The van der Waals surface area contributed by atoms with Crippen LogP contribution in [0.5, 0.6) is 5.88 Å². The lowest BCUT2D eigenvalue weighted by atomic mass is 10.1. The van der Waals surface area contributed by atoms with Gasteiger partial charge >= 0.3 is 6.03 Å². The smallest absolute Gasteiger partial charge is 0.329 e. The Hall–Kier alpha value is -3.41. The van der Waals surface area contributed by atoms with Crippen LogP contribution in [0.15, 0.2) is 66.7 Å². The molecule has 6 nitrogen and oxygen atoms in total. The Labute approximate surface area is 177 Å². The van der Waals surface area contributed by atoms with Crippen molar-refractivity contribution in [2.75, 3.05) is 18.0 Å². The molecule has 1 saturated heterocycles. The fraction of sp³-hybridized carbons (Fsp3) is 0.292. The van der Waals surface area contributed by atoms with Crippen LogP contribution < -0.4 is 9.64 Å². The van der Waals surface area contributed by atoms with Gasteiger partial charge in [0.25, 0.3) is 0 Å². The van der Waals surface area contributed by atoms with E-state index >= 15 is 0 Å². The van der Waals surface area contributed by atoms with Gasteiger partial charge in [0.1, 0.15) is 11.9 Å². The molecule has 0 aliphatic carbocycles. The van der Waals surface area contributed by atoms with Crippen molar-refractivity contribution in [2.24, 2.45) is 0 Å². The number of hydrogen-bond acceptors (Lipinski definition) is 4. The van der Waals surface area contributed by atoms with Crippen LogP contribution in [-0.2, 0) is 0 Å². The zero-order chi connectivity index (χ0) is 20.9. The van der Waals surface area contributed by atoms with Crippen molar-refractivity contribution >= 4 is 17.4 Å². The summed E-state index contributed by atoms with van der Waals surface area (Å²) in [5.41, 5.74) is 2.62. The number of carbonyl (C=O) groups excluding carboxylic acids is 1. The van der Waals surface area contributed by atoms with Gasteiger partial charge in [-0.25, -0.2) is 9.78 Å². The number of ether oxygens (including phenoxy) is 1. The predicted molar refractivity (Wildman–Crippen MR) is 117 cm³/mol. The Kier molecular flexibility index (Phi) is 5.93. The fourth-order valence-corrected chi connectivity index (χ4v) is 3.74. The lowest BCUT2D eigenvalue weighted by Gasteiger charge is -2.35. The lowest BCUT2D eigenvalue weighted by Crippen LogP contribution is -2.47. The molecule has 0 saturated carbocycles. The standard InChI is InChI=1S/C24H26N4O2/c1-18-17-23(26-19(2)25-18)30-22-13-15-27(16-14-22)24(29)28(20-9-5-3-6-10-20)21-11-7-4-8-12-21/h3-12,17,22H,13-16H2,1-2H3. The van der Waals surface area contributed by atoms with E-state index in [0.29, 0.717) is 24.8 Å². The van der Waals surface area contributed by atoms with Gasteiger partial charge in [0.2, 0.25) is 5.88 Å². The van der Waals surface area contributed by atoms with E-state index in [1.165, 1.54) is 0 Å². The summed E-state index contributed by atoms with van der Waals surface area (Å²) < 4.78 is 6.07. The number of piperidine rings is 1. The van der Waals surface area contributed by atoms with Gasteiger partial charge in [-0.1, -0.05) is 36.4 Å². The first-order valence-electron chi connectivity index (χ1n) is 10.3. The molecule has 1 aliphatic heterocycles. The van der Waals surface area contributed by atoms with Gasteiger partial charge in [0, 0.05) is 37.7 Å². The Morgan fingerprint density at radius 3 is 2.03 bits per heavy atom. The van der Waals surface area contributed by atoms with Gasteiger partial charge in [-0.05, 0) is 38.1 Å². The van der Waals surface area contributed by atoms with E-state index in [-0.39, 0.29) is 12.1 Å². The number of hydrogen-bond donors (Lipinski definition) is 0. The highest BCUT2D eigenvalue weighted by Crippen LogP contribution is 2.28. The maximum atomic E-state index is 13.4. The Morgan fingerprint density at radius 2 is 1.50 bits per heavy atom. The molecule has 154 valence electrons. The number of carbonyl (C=O) groups is 1. The largest absolute Gasteiger partial charge is 0.474 e. The molecule has 0 spiro atoms. The average molecular weight is 402 g/mol. The van der Waals surface area contributed by atoms with Gasteiger partial charge in [-0.2, -0.15) is 4.98 Å². The molecule has 2 heterocycles. The molecular formula is C24H26N4O2. The lowest BCUT2D eigenvalue weighted by molar-refractivity contribution is 0.110. The molecule has 1 aliphatic rings. The monoisotopic (exact) mass is 402 g/mol. The molecule has 1 aromatic heterocycles. The number of aromatic nitrogens is 2. The number of anilines is 2. The van der Waals surface area contributed by atoms with E-state index in [0.717, 1.165) is 29.9 Å². The maximum absolute atomic E-state index is 13.4. The maximum Gasteiger partial charge on any atom is 0.329 e. The zero-order valence-corrected chi connectivity index (χ0v) is 17.4. The van der Waals surface area contributed by atoms with Gasteiger partial charge in [-0.3, -0.25) is 4.90 Å². The molecule has 0 bridgehead atoms. The minimum atomic E-state index is -0.0143. The van der Waals surface area contributed by atoms with Gasteiger partial charge in [0.15, 0.2) is 0 Å². The third-order valence-corrected chi connectivity index (χ3v) is 5.16. The summed E-state index contributed by atoms with van der Waals surface area (Å²) in [4.78, 5) is 25.8. The summed E-state index contributed by atoms with van der Waals surface area (Å²) in [6.45, 7) is 5.08. The molecule has 1 fully saturated rings. The minimum Gasteiger partial charge on any atom is -0.474 e. The van der Waals surface area contributed by atoms with Crippen LogP contribution in [-0.4, -0.2) is 40.1 Å². The summed E-state index contributed by atoms with van der Waals surface area (Å²) in [6.07, 6.45) is 1.58. The predicted octanol–water partition coefficient (Wildman–Crippen LogP) is 4.89. The topological polar surface area (TPSA) is 58.6 Å². The van der Waals surface area contributed by atoms with E-state index in [4.69, 9.17) is 4.74 Å². The van der Waals surface area contributed by atoms with Crippen molar-refractivity contribution in [3.63, 3.8) is 0 Å². The molecule has 4 rings (SSSR count). The average Bonchev–Trinajstić information content (AvgIpc) is 2.75. The number of rotatable bonds is 4. The highest BCUT2D eigenvalue weighted by atomic mass is 16.5. The van der Waals surface area contributed by atoms with Crippen LogP contribution in [0.1, 0.15) is 24.4 Å².